The molecule has 0 aromatic heterocycles. The van der Waals surface area contributed by atoms with E-state index in [0.29, 0.717) is 11.0 Å². The van der Waals surface area contributed by atoms with Crippen molar-refractivity contribution in [3.63, 3.8) is 0 Å². The lowest BCUT2D eigenvalue weighted by Gasteiger charge is -2.41. The molecule has 2 aliphatic rings. The average Bonchev–Trinajstić information content (AvgIpc) is 2.91. The Kier molecular flexibility index (Phi) is 3.16. The molecule has 1 aromatic carbocycles. The Morgan fingerprint density at radius 3 is 2.39 bits per heavy atom. The smallest absolute Gasteiger partial charge is 0.115 e. The number of rotatable bonds is 2. The molecular formula is C15H19NOS. The van der Waals surface area contributed by atoms with Crippen molar-refractivity contribution in [2.75, 3.05) is 0 Å². The molecule has 1 unspecified atom stereocenters. The minimum absolute atomic E-state index is 0.336. The van der Waals surface area contributed by atoms with Gasteiger partial charge in [-0.15, -0.1) is 0 Å². The number of phenols is 1. The molecule has 1 saturated carbocycles. The minimum atomic E-state index is -1.18. The van der Waals surface area contributed by atoms with Gasteiger partial charge in [-0.2, -0.15) is 0 Å². The first-order valence-electron chi connectivity index (χ1n) is 6.64. The molecule has 0 amide bonds. The topological polar surface area (TPSA) is 32.6 Å². The number of benzene rings is 1. The predicted octanol–water partition coefficient (Wildman–Crippen LogP) is 4.40. The summed E-state index contributed by atoms with van der Waals surface area (Å²) >= 11 is 0. The van der Waals surface area contributed by atoms with E-state index in [1.54, 1.807) is 12.1 Å². The molecule has 1 aliphatic heterocycles. The summed E-state index contributed by atoms with van der Waals surface area (Å²) in [4.78, 5) is 1.29. The Labute approximate surface area is 110 Å². The molecule has 1 heterocycles. The maximum Gasteiger partial charge on any atom is 0.115 e. The van der Waals surface area contributed by atoms with Crippen LogP contribution in [-0.2, 0) is 0 Å². The summed E-state index contributed by atoms with van der Waals surface area (Å²) in [5.41, 5.74) is 0. The van der Waals surface area contributed by atoms with Crippen LogP contribution >= 0.6 is 10.2 Å². The van der Waals surface area contributed by atoms with Gasteiger partial charge in [-0.1, -0.05) is 29.5 Å². The van der Waals surface area contributed by atoms with E-state index < -0.39 is 10.2 Å². The van der Waals surface area contributed by atoms with Crippen LogP contribution in [0, 0.1) is 0 Å². The van der Waals surface area contributed by atoms with E-state index in [-0.39, 0.29) is 0 Å². The monoisotopic (exact) mass is 261 g/mol. The Bertz CT molecular complexity index is 460. The van der Waals surface area contributed by atoms with Crippen LogP contribution in [0.5, 0.6) is 5.75 Å². The van der Waals surface area contributed by atoms with Gasteiger partial charge in [-0.05, 0) is 48.6 Å². The van der Waals surface area contributed by atoms with Gasteiger partial charge in [-0.3, -0.25) is 0 Å². The molecule has 0 spiro atoms. The molecule has 18 heavy (non-hydrogen) atoms. The van der Waals surface area contributed by atoms with Crippen LogP contribution in [0.1, 0.15) is 32.1 Å². The summed E-state index contributed by atoms with van der Waals surface area (Å²) in [6.45, 7) is 0. The van der Waals surface area contributed by atoms with Gasteiger partial charge in [0.05, 0.1) is 0 Å². The first-order chi connectivity index (χ1) is 8.81. The SMILES string of the molecule is Oc1ccc(S2(C3CCCCC3)C=CC=N2)cc1. The van der Waals surface area contributed by atoms with E-state index in [1.807, 2.05) is 18.3 Å². The van der Waals surface area contributed by atoms with Crippen LogP contribution in [0.2, 0.25) is 0 Å². The van der Waals surface area contributed by atoms with Crippen LogP contribution in [0.15, 0.2) is 45.0 Å². The van der Waals surface area contributed by atoms with Gasteiger partial charge in [0.1, 0.15) is 5.75 Å². The van der Waals surface area contributed by atoms with Crippen LogP contribution in [-0.4, -0.2) is 16.6 Å². The molecule has 0 saturated heterocycles. The van der Waals surface area contributed by atoms with E-state index in [4.69, 9.17) is 4.40 Å². The first-order valence-corrected chi connectivity index (χ1v) is 8.36. The number of phenolic OH excluding ortho intramolecular Hbond substituents is 1. The molecule has 1 fully saturated rings. The number of hydrogen-bond acceptors (Lipinski definition) is 2. The highest BCUT2D eigenvalue weighted by Gasteiger charge is 2.34. The van der Waals surface area contributed by atoms with Crippen molar-refractivity contribution < 1.29 is 5.11 Å². The summed E-state index contributed by atoms with van der Waals surface area (Å²) in [6, 6.07) is 7.67. The molecule has 3 rings (SSSR count). The van der Waals surface area contributed by atoms with E-state index in [0.717, 1.165) is 0 Å². The van der Waals surface area contributed by atoms with Gasteiger partial charge < -0.3 is 5.11 Å². The van der Waals surface area contributed by atoms with E-state index in [9.17, 15) is 5.11 Å². The largest absolute Gasteiger partial charge is 0.508 e. The summed E-state index contributed by atoms with van der Waals surface area (Å²) < 4.78 is 4.86. The highest BCUT2D eigenvalue weighted by molar-refractivity contribution is 8.35. The Hall–Kier alpha value is -1.22. The van der Waals surface area contributed by atoms with Crippen molar-refractivity contribution in [3.8, 4) is 5.75 Å². The van der Waals surface area contributed by atoms with Gasteiger partial charge in [-0.25, -0.2) is 4.40 Å². The van der Waals surface area contributed by atoms with Gasteiger partial charge in [0, 0.05) is 16.4 Å². The molecule has 0 bridgehead atoms. The Balaban J connectivity index is 1.98. The molecule has 2 nitrogen and oxygen atoms in total. The average molecular weight is 261 g/mol. The number of nitrogens with zero attached hydrogens (tertiary/aromatic N) is 1. The normalized spacial score (nSPS) is 31.3. The number of allylic oxidation sites excluding steroid dienone is 1. The van der Waals surface area contributed by atoms with Crippen LogP contribution in [0.3, 0.4) is 0 Å². The summed E-state index contributed by atoms with van der Waals surface area (Å²) in [7, 11) is -1.18. The molecule has 96 valence electrons. The van der Waals surface area contributed by atoms with Crippen molar-refractivity contribution in [1.82, 2.24) is 0 Å². The van der Waals surface area contributed by atoms with Gasteiger partial charge in [0.2, 0.25) is 0 Å². The van der Waals surface area contributed by atoms with Crippen LogP contribution < -0.4 is 0 Å². The van der Waals surface area contributed by atoms with Crippen molar-refractivity contribution in [2.24, 2.45) is 4.40 Å². The zero-order valence-corrected chi connectivity index (χ0v) is 11.3. The number of aromatic hydroxyl groups is 1. The Morgan fingerprint density at radius 1 is 1.06 bits per heavy atom. The second-order valence-corrected chi connectivity index (χ2v) is 7.98. The Morgan fingerprint density at radius 2 is 1.78 bits per heavy atom. The second kappa shape index (κ2) is 4.81. The van der Waals surface area contributed by atoms with Gasteiger partial charge in [0.25, 0.3) is 0 Å². The fraction of sp³-hybridized carbons (Fsp3) is 0.400. The third kappa shape index (κ3) is 1.97. The fourth-order valence-electron chi connectivity index (χ4n) is 2.94. The maximum atomic E-state index is 9.45. The lowest BCUT2D eigenvalue weighted by molar-refractivity contribution is 0.475. The van der Waals surface area contributed by atoms with Crippen LogP contribution in [0.4, 0.5) is 0 Å². The first kappa shape index (κ1) is 11.8. The van der Waals surface area contributed by atoms with Gasteiger partial charge >= 0.3 is 0 Å². The molecule has 1 N–H and O–H groups in total. The highest BCUT2D eigenvalue weighted by atomic mass is 32.3. The van der Waals surface area contributed by atoms with Gasteiger partial charge in [0.15, 0.2) is 0 Å². The lowest BCUT2D eigenvalue weighted by atomic mass is 10.0. The standard InChI is InChI=1S/C15H19NOS/c17-13-7-9-15(10-8-13)18(12-4-11-16-18)14-5-2-1-3-6-14/h4,7-12,14,17H,1-3,5-6H2. The van der Waals surface area contributed by atoms with E-state index in [1.165, 1.54) is 37.0 Å². The minimum Gasteiger partial charge on any atom is -0.508 e. The van der Waals surface area contributed by atoms with Crippen molar-refractivity contribution in [3.05, 3.63) is 35.7 Å². The zero-order valence-electron chi connectivity index (χ0n) is 10.5. The van der Waals surface area contributed by atoms with Crippen molar-refractivity contribution in [1.29, 1.82) is 0 Å². The predicted molar refractivity (Wildman–Crippen MR) is 78.5 cm³/mol. The third-order valence-electron chi connectivity index (χ3n) is 3.88. The zero-order chi connectivity index (χ0) is 12.4. The fourth-order valence-corrected chi connectivity index (χ4v) is 6.28. The lowest BCUT2D eigenvalue weighted by Crippen LogP contribution is -2.18. The third-order valence-corrected chi connectivity index (χ3v) is 7.44. The molecule has 1 aromatic rings. The molecular weight excluding hydrogens is 242 g/mol. The highest BCUT2D eigenvalue weighted by Crippen LogP contribution is 2.66. The molecule has 1 aliphatic carbocycles. The van der Waals surface area contributed by atoms with E-state index in [2.05, 4.69) is 11.5 Å². The number of hydrogen-bond donors (Lipinski definition) is 1. The summed E-state index contributed by atoms with van der Waals surface area (Å²) in [5, 5.41) is 12.4. The van der Waals surface area contributed by atoms with Crippen LogP contribution in [0.25, 0.3) is 0 Å². The second-order valence-electron chi connectivity index (χ2n) is 5.01. The molecule has 3 heteroatoms. The quantitative estimate of drug-likeness (QED) is 0.840. The maximum absolute atomic E-state index is 9.45. The van der Waals surface area contributed by atoms with Crippen molar-refractivity contribution >= 4 is 16.4 Å². The summed E-state index contributed by atoms with van der Waals surface area (Å²) in [6.07, 6.45) is 10.7. The molecule has 0 radical (unpaired) electrons. The van der Waals surface area contributed by atoms with E-state index >= 15 is 0 Å². The summed E-state index contributed by atoms with van der Waals surface area (Å²) in [5.74, 6) is 0.336. The van der Waals surface area contributed by atoms with Crippen molar-refractivity contribution in [2.45, 2.75) is 42.2 Å². The molecule has 1 atom stereocenters.